The van der Waals surface area contributed by atoms with Crippen LogP contribution in [0, 0.1) is 0 Å². The van der Waals surface area contributed by atoms with Crippen LogP contribution in [0.3, 0.4) is 0 Å². The maximum atomic E-state index is 8.93. The molecule has 0 spiro atoms. The van der Waals surface area contributed by atoms with Gasteiger partial charge in [0.25, 0.3) is 0 Å². The van der Waals surface area contributed by atoms with Gasteiger partial charge < -0.3 is 19.4 Å². The Morgan fingerprint density at radius 3 is 1.94 bits per heavy atom. The van der Waals surface area contributed by atoms with Crippen molar-refractivity contribution in [2.45, 2.75) is 77.1 Å². The highest BCUT2D eigenvalue weighted by Crippen LogP contribution is 2.33. The van der Waals surface area contributed by atoms with Gasteiger partial charge in [-0.1, -0.05) is 19.3 Å². The van der Waals surface area contributed by atoms with E-state index in [0.717, 1.165) is 12.8 Å². The number of ether oxygens (including phenoxy) is 1. The predicted molar refractivity (Wildman–Crippen MR) is 67.4 cm³/mol. The van der Waals surface area contributed by atoms with Gasteiger partial charge in [-0.2, -0.15) is 0 Å². The van der Waals surface area contributed by atoms with Crippen molar-refractivity contribution >= 4 is 7.32 Å². The van der Waals surface area contributed by atoms with Gasteiger partial charge in [0.2, 0.25) is 0 Å². The molecule has 0 saturated heterocycles. The molecule has 0 aromatic rings. The summed E-state index contributed by atoms with van der Waals surface area (Å²) in [6.45, 7) is 7.50. The molecule has 1 fully saturated rings. The molecule has 0 aromatic carbocycles. The Morgan fingerprint density at radius 2 is 1.47 bits per heavy atom. The summed E-state index contributed by atoms with van der Waals surface area (Å²) in [5, 5.41) is 17.9. The zero-order valence-corrected chi connectivity index (χ0v) is 11.4. The van der Waals surface area contributed by atoms with E-state index in [2.05, 4.69) is 0 Å². The van der Waals surface area contributed by atoms with E-state index in [0.29, 0.717) is 0 Å². The van der Waals surface area contributed by atoms with Gasteiger partial charge in [-0.05, 0) is 40.5 Å². The van der Waals surface area contributed by atoms with Crippen LogP contribution in [0.1, 0.15) is 59.8 Å². The Labute approximate surface area is 104 Å². The van der Waals surface area contributed by atoms with Crippen LogP contribution in [0.15, 0.2) is 0 Å². The first kappa shape index (κ1) is 15.0. The lowest BCUT2D eigenvalue weighted by Crippen LogP contribution is -2.53. The van der Waals surface area contributed by atoms with Crippen LogP contribution in [0.25, 0.3) is 0 Å². The number of hydrogen-bond acceptors (Lipinski definition) is 4. The Hall–Kier alpha value is -0.0951. The maximum absolute atomic E-state index is 8.93. The van der Waals surface area contributed by atoms with Crippen LogP contribution in [0.5, 0.6) is 0 Å². The van der Waals surface area contributed by atoms with E-state index in [9.17, 15) is 0 Å². The molecule has 1 rings (SSSR count). The van der Waals surface area contributed by atoms with Crippen LogP contribution in [0.4, 0.5) is 0 Å². The second-order valence-electron chi connectivity index (χ2n) is 5.84. The largest absolute Gasteiger partial charge is 0.634 e. The van der Waals surface area contributed by atoms with Crippen LogP contribution < -0.4 is 0 Å². The fourth-order valence-electron chi connectivity index (χ4n) is 2.15. The van der Waals surface area contributed by atoms with Gasteiger partial charge in [0.15, 0.2) is 0 Å². The summed E-state index contributed by atoms with van der Waals surface area (Å²) < 4.78 is 11.2. The van der Waals surface area contributed by atoms with Crippen molar-refractivity contribution in [3.63, 3.8) is 0 Å². The monoisotopic (exact) mass is 244 g/mol. The lowest BCUT2D eigenvalue weighted by atomic mass is 9.86. The molecule has 0 amide bonds. The molecule has 0 unspecified atom stereocenters. The average molecular weight is 244 g/mol. The van der Waals surface area contributed by atoms with Gasteiger partial charge in [-0.15, -0.1) is 0 Å². The predicted octanol–water partition coefficient (Wildman–Crippen LogP) is 1.88. The van der Waals surface area contributed by atoms with Gasteiger partial charge in [0.1, 0.15) is 0 Å². The first-order chi connectivity index (χ1) is 7.74. The van der Waals surface area contributed by atoms with Crippen molar-refractivity contribution in [1.29, 1.82) is 0 Å². The molecule has 0 atom stereocenters. The fraction of sp³-hybridized carbons (Fsp3) is 1.00. The fourth-order valence-corrected chi connectivity index (χ4v) is 2.15. The molecule has 0 aromatic heterocycles. The Kier molecular flexibility index (Phi) is 5.01. The van der Waals surface area contributed by atoms with Gasteiger partial charge in [-0.25, -0.2) is 0 Å². The molecule has 1 saturated carbocycles. The molecule has 100 valence electrons. The summed E-state index contributed by atoms with van der Waals surface area (Å²) >= 11 is 0. The van der Waals surface area contributed by atoms with Crippen molar-refractivity contribution in [3.8, 4) is 0 Å². The van der Waals surface area contributed by atoms with Gasteiger partial charge >= 0.3 is 7.32 Å². The van der Waals surface area contributed by atoms with E-state index in [1.807, 2.05) is 27.7 Å². The molecule has 17 heavy (non-hydrogen) atoms. The third-order valence-electron chi connectivity index (χ3n) is 3.86. The van der Waals surface area contributed by atoms with Crippen molar-refractivity contribution in [3.05, 3.63) is 0 Å². The second-order valence-corrected chi connectivity index (χ2v) is 5.84. The average Bonchev–Trinajstić information content (AvgIpc) is 2.16. The summed E-state index contributed by atoms with van der Waals surface area (Å²) in [5.74, 6) is 0. The Morgan fingerprint density at radius 1 is 0.941 bits per heavy atom. The minimum atomic E-state index is -1.76. The van der Waals surface area contributed by atoms with Crippen LogP contribution in [-0.4, -0.2) is 34.7 Å². The lowest BCUT2D eigenvalue weighted by molar-refractivity contribution is -0.178. The quantitative estimate of drug-likeness (QED) is 0.725. The van der Waals surface area contributed by atoms with Crippen LogP contribution in [0.2, 0.25) is 0 Å². The zero-order valence-electron chi connectivity index (χ0n) is 11.4. The first-order valence-corrected chi connectivity index (χ1v) is 6.46. The highest BCUT2D eigenvalue weighted by Gasteiger charge is 2.43. The standard InChI is InChI=1S/C12H25BO4/c1-11(2,12(3,4)17-13(14)15)16-10-8-6-5-7-9-10/h10,14-15H,5-9H2,1-4H3. The number of hydrogen-bond donors (Lipinski definition) is 2. The third-order valence-corrected chi connectivity index (χ3v) is 3.86. The molecule has 0 aliphatic heterocycles. The summed E-state index contributed by atoms with van der Waals surface area (Å²) in [6.07, 6.45) is 6.14. The first-order valence-electron chi connectivity index (χ1n) is 6.46. The molecule has 4 nitrogen and oxygen atoms in total. The molecule has 0 bridgehead atoms. The van der Waals surface area contributed by atoms with Crippen LogP contribution in [-0.2, 0) is 9.39 Å². The minimum Gasteiger partial charge on any atom is -0.402 e. The van der Waals surface area contributed by atoms with Gasteiger partial charge in [0.05, 0.1) is 17.3 Å². The van der Waals surface area contributed by atoms with E-state index in [-0.39, 0.29) is 6.10 Å². The van der Waals surface area contributed by atoms with E-state index in [1.54, 1.807) is 0 Å². The Bertz CT molecular complexity index is 235. The summed E-state index contributed by atoms with van der Waals surface area (Å²) in [7, 11) is -1.76. The molecular weight excluding hydrogens is 219 g/mol. The maximum Gasteiger partial charge on any atom is 0.634 e. The van der Waals surface area contributed by atoms with E-state index < -0.39 is 18.5 Å². The molecule has 1 aliphatic carbocycles. The topological polar surface area (TPSA) is 58.9 Å². The van der Waals surface area contributed by atoms with Crippen molar-refractivity contribution < 1.29 is 19.4 Å². The SMILES string of the molecule is CC(C)(OB(O)O)C(C)(C)OC1CCCCC1. The lowest BCUT2D eigenvalue weighted by Gasteiger charge is -2.44. The van der Waals surface area contributed by atoms with Crippen LogP contribution >= 0.6 is 0 Å². The highest BCUT2D eigenvalue weighted by molar-refractivity contribution is 6.32. The van der Waals surface area contributed by atoms with Crippen molar-refractivity contribution in [1.82, 2.24) is 0 Å². The van der Waals surface area contributed by atoms with Gasteiger partial charge in [-0.3, -0.25) is 0 Å². The van der Waals surface area contributed by atoms with Gasteiger partial charge in [0, 0.05) is 0 Å². The second kappa shape index (κ2) is 5.70. The van der Waals surface area contributed by atoms with Crippen molar-refractivity contribution in [2.75, 3.05) is 0 Å². The molecule has 2 N–H and O–H groups in total. The van der Waals surface area contributed by atoms with Crippen molar-refractivity contribution in [2.24, 2.45) is 0 Å². The molecular formula is C12H25BO4. The smallest absolute Gasteiger partial charge is 0.402 e. The van der Waals surface area contributed by atoms with E-state index in [4.69, 9.17) is 19.4 Å². The molecule has 0 radical (unpaired) electrons. The molecule has 5 heteroatoms. The third kappa shape index (κ3) is 4.25. The summed E-state index contributed by atoms with van der Waals surface area (Å²) in [5.41, 5.74) is -1.31. The van der Waals surface area contributed by atoms with E-state index >= 15 is 0 Å². The van der Waals surface area contributed by atoms with E-state index in [1.165, 1.54) is 19.3 Å². The molecule has 1 aliphatic rings. The normalized spacial score (nSPS) is 19.4. The molecule has 0 heterocycles. The zero-order chi connectivity index (χ0) is 13.1. The highest BCUT2D eigenvalue weighted by atomic mass is 16.6. The number of rotatable bonds is 5. The summed E-state index contributed by atoms with van der Waals surface area (Å²) in [6, 6.07) is 0. The minimum absolute atomic E-state index is 0.262. The summed E-state index contributed by atoms with van der Waals surface area (Å²) in [4.78, 5) is 0. The Balaban J connectivity index is 2.58.